The van der Waals surface area contributed by atoms with Gasteiger partial charge in [0.15, 0.2) is 0 Å². The van der Waals surface area contributed by atoms with Gasteiger partial charge < -0.3 is 5.32 Å². The van der Waals surface area contributed by atoms with Gasteiger partial charge in [0.2, 0.25) is 5.91 Å². The highest BCUT2D eigenvalue weighted by molar-refractivity contribution is 7.86. The monoisotopic (exact) mass is 409 g/mol. The Morgan fingerprint density at radius 1 is 1.00 bits per heavy atom. The van der Waals surface area contributed by atoms with Crippen molar-refractivity contribution < 1.29 is 42.6 Å². The first kappa shape index (κ1) is 21.2. The Bertz CT molecular complexity index is 770. The third-order valence-corrected chi connectivity index (χ3v) is 4.56. The average Bonchev–Trinajstić information content (AvgIpc) is 2.75. The second kappa shape index (κ2) is 7.61. The van der Waals surface area contributed by atoms with Gasteiger partial charge in [-0.3, -0.25) is 17.3 Å². The predicted molar refractivity (Wildman–Crippen MR) is 81.4 cm³/mol. The lowest BCUT2D eigenvalue weighted by molar-refractivity contribution is -0.119. The zero-order chi connectivity index (χ0) is 18.8. The highest BCUT2D eigenvalue weighted by Gasteiger charge is 2.40. The SMILES string of the molecule is CS(=O)(=O)OC[C@@H](OS(C)(=O)=O)[C@@H](OS(C)(=O)=O)[C@H]1CCC(=O)N1. The average molecular weight is 409 g/mol. The van der Waals surface area contributed by atoms with Crippen LogP contribution in [0.3, 0.4) is 0 Å². The highest BCUT2D eigenvalue weighted by Crippen LogP contribution is 2.21. The molecule has 1 N–H and O–H groups in total. The van der Waals surface area contributed by atoms with E-state index in [-0.39, 0.29) is 18.7 Å². The molecule has 1 aliphatic rings. The molecule has 24 heavy (non-hydrogen) atoms. The number of hydrogen-bond acceptors (Lipinski definition) is 10. The van der Waals surface area contributed by atoms with Gasteiger partial charge in [-0.05, 0) is 6.42 Å². The number of carbonyl (C=O) groups excluding carboxylic acids is 1. The Kier molecular flexibility index (Phi) is 6.74. The number of hydrogen-bond donors (Lipinski definition) is 1. The molecule has 0 radical (unpaired) electrons. The van der Waals surface area contributed by atoms with Crippen LogP contribution in [0.2, 0.25) is 0 Å². The summed E-state index contributed by atoms with van der Waals surface area (Å²) in [5.74, 6) is -0.385. The molecular formula is C10H19NO10S3. The van der Waals surface area contributed by atoms with Crippen LogP contribution in [-0.4, -0.2) is 74.8 Å². The van der Waals surface area contributed by atoms with Gasteiger partial charge in [0.05, 0.1) is 31.4 Å². The summed E-state index contributed by atoms with van der Waals surface area (Å²) < 4.78 is 82.0. The number of amides is 1. The molecule has 0 aromatic heterocycles. The predicted octanol–water partition coefficient (Wildman–Crippen LogP) is -2.07. The van der Waals surface area contributed by atoms with Gasteiger partial charge in [-0.1, -0.05) is 0 Å². The van der Waals surface area contributed by atoms with Gasteiger partial charge in [-0.25, -0.2) is 0 Å². The van der Waals surface area contributed by atoms with Crippen molar-refractivity contribution in [1.29, 1.82) is 0 Å². The van der Waals surface area contributed by atoms with Gasteiger partial charge >= 0.3 is 0 Å². The summed E-state index contributed by atoms with van der Waals surface area (Å²) in [6.45, 7) is -0.807. The molecule has 1 fully saturated rings. The van der Waals surface area contributed by atoms with E-state index in [0.717, 1.165) is 12.5 Å². The molecule has 0 spiro atoms. The zero-order valence-electron chi connectivity index (χ0n) is 13.2. The number of carbonyl (C=O) groups is 1. The molecule has 0 bridgehead atoms. The largest absolute Gasteiger partial charge is 0.351 e. The zero-order valence-corrected chi connectivity index (χ0v) is 15.6. The summed E-state index contributed by atoms with van der Waals surface area (Å²) >= 11 is 0. The van der Waals surface area contributed by atoms with E-state index < -0.39 is 55.2 Å². The highest BCUT2D eigenvalue weighted by atomic mass is 32.2. The smallest absolute Gasteiger partial charge is 0.264 e. The minimum absolute atomic E-state index is 0.0762. The molecule has 3 atom stereocenters. The number of nitrogens with one attached hydrogen (secondary N) is 1. The first-order chi connectivity index (χ1) is 10.7. The quantitative estimate of drug-likeness (QED) is 0.419. The summed E-state index contributed by atoms with van der Waals surface area (Å²) in [6, 6.07) is -0.887. The van der Waals surface area contributed by atoms with E-state index in [4.69, 9.17) is 8.37 Å². The van der Waals surface area contributed by atoms with Crippen molar-refractivity contribution in [2.45, 2.75) is 31.1 Å². The topological polar surface area (TPSA) is 159 Å². The van der Waals surface area contributed by atoms with Gasteiger partial charge in [-0.2, -0.15) is 25.3 Å². The van der Waals surface area contributed by atoms with E-state index in [2.05, 4.69) is 9.50 Å². The van der Waals surface area contributed by atoms with Crippen LogP contribution in [-0.2, 0) is 47.7 Å². The van der Waals surface area contributed by atoms with Crippen molar-refractivity contribution in [3.05, 3.63) is 0 Å². The summed E-state index contributed by atoms with van der Waals surface area (Å²) in [5, 5.41) is 2.43. The summed E-state index contributed by atoms with van der Waals surface area (Å²) in [4.78, 5) is 11.3. The molecule has 0 aliphatic carbocycles. The number of rotatable bonds is 9. The molecule has 1 aliphatic heterocycles. The van der Waals surface area contributed by atoms with Crippen LogP contribution in [0.5, 0.6) is 0 Å². The molecule has 1 amide bonds. The van der Waals surface area contributed by atoms with Crippen molar-refractivity contribution in [1.82, 2.24) is 5.32 Å². The van der Waals surface area contributed by atoms with Crippen LogP contribution in [0.4, 0.5) is 0 Å². The summed E-state index contributed by atoms with van der Waals surface area (Å²) in [7, 11) is -12.1. The molecule has 0 aromatic rings. The third kappa shape index (κ3) is 8.34. The molecule has 142 valence electrons. The molecule has 14 heteroatoms. The molecule has 1 heterocycles. The lowest BCUT2D eigenvalue weighted by Crippen LogP contribution is -2.50. The molecule has 0 unspecified atom stereocenters. The van der Waals surface area contributed by atoms with Crippen molar-refractivity contribution in [2.24, 2.45) is 0 Å². The van der Waals surface area contributed by atoms with Crippen LogP contribution in [0.25, 0.3) is 0 Å². The van der Waals surface area contributed by atoms with E-state index in [9.17, 15) is 30.0 Å². The Hall–Kier alpha value is -0.800. The molecule has 11 nitrogen and oxygen atoms in total. The van der Waals surface area contributed by atoms with E-state index in [1.807, 2.05) is 0 Å². The van der Waals surface area contributed by atoms with E-state index in [0.29, 0.717) is 6.26 Å². The van der Waals surface area contributed by atoms with Crippen molar-refractivity contribution in [2.75, 3.05) is 25.4 Å². The van der Waals surface area contributed by atoms with Gasteiger partial charge in [0.1, 0.15) is 12.2 Å². The fourth-order valence-electron chi connectivity index (χ4n) is 2.07. The standard InChI is InChI=1S/C10H19NO10S3/c1-22(13,14)19-6-8(20-23(2,15)16)10(21-24(3,17)18)7-4-5-9(12)11-7/h7-8,10H,4-6H2,1-3H3,(H,11,12)/t7-,8-,10+/m1/s1. The Morgan fingerprint density at radius 2 is 1.54 bits per heavy atom. The first-order valence-electron chi connectivity index (χ1n) is 6.56. The third-order valence-electron chi connectivity index (χ3n) is 2.82. The second-order valence-corrected chi connectivity index (χ2v) is 10.2. The van der Waals surface area contributed by atoms with Crippen LogP contribution < -0.4 is 5.32 Å². The molecule has 1 saturated heterocycles. The van der Waals surface area contributed by atoms with Crippen LogP contribution in [0.15, 0.2) is 0 Å². The van der Waals surface area contributed by atoms with Crippen LogP contribution in [0, 0.1) is 0 Å². The van der Waals surface area contributed by atoms with E-state index in [1.54, 1.807) is 0 Å². The maximum atomic E-state index is 11.5. The fraction of sp³-hybridized carbons (Fsp3) is 0.900. The van der Waals surface area contributed by atoms with Crippen LogP contribution >= 0.6 is 0 Å². The van der Waals surface area contributed by atoms with Gasteiger partial charge in [-0.15, -0.1) is 0 Å². The lowest BCUT2D eigenvalue weighted by Gasteiger charge is -2.29. The minimum atomic E-state index is -4.10. The normalized spacial score (nSPS) is 22.1. The summed E-state index contributed by atoms with van der Waals surface area (Å²) in [5.41, 5.74) is 0. The van der Waals surface area contributed by atoms with E-state index in [1.165, 1.54) is 0 Å². The maximum Gasteiger partial charge on any atom is 0.264 e. The minimum Gasteiger partial charge on any atom is -0.351 e. The van der Waals surface area contributed by atoms with Crippen molar-refractivity contribution in [3.8, 4) is 0 Å². The van der Waals surface area contributed by atoms with E-state index >= 15 is 0 Å². The molecule has 0 aromatic carbocycles. The summed E-state index contributed by atoms with van der Waals surface area (Å²) in [6.07, 6.45) is -0.699. The lowest BCUT2D eigenvalue weighted by atomic mass is 10.0. The van der Waals surface area contributed by atoms with Gasteiger partial charge in [0, 0.05) is 6.42 Å². The fourth-order valence-corrected chi connectivity index (χ4v) is 3.72. The molecule has 1 rings (SSSR count). The van der Waals surface area contributed by atoms with Crippen molar-refractivity contribution in [3.63, 3.8) is 0 Å². The van der Waals surface area contributed by atoms with Crippen LogP contribution in [0.1, 0.15) is 12.8 Å². The van der Waals surface area contributed by atoms with Crippen molar-refractivity contribution >= 4 is 36.3 Å². The Morgan fingerprint density at radius 3 is 1.92 bits per heavy atom. The Balaban J connectivity index is 3.13. The second-order valence-electron chi connectivity index (χ2n) is 5.31. The van der Waals surface area contributed by atoms with Gasteiger partial charge in [0.25, 0.3) is 30.4 Å². The maximum absolute atomic E-state index is 11.5. The molecular weight excluding hydrogens is 390 g/mol. The first-order valence-corrected chi connectivity index (χ1v) is 12.0. The molecule has 0 saturated carbocycles. The Labute approximate surface area is 141 Å².